The molecule has 1 rings (SSSR count). The van der Waals surface area contributed by atoms with Gasteiger partial charge < -0.3 is 10.8 Å². The second kappa shape index (κ2) is 5.59. The molecule has 4 heteroatoms. The van der Waals surface area contributed by atoms with Crippen LogP contribution < -0.4 is 5.73 Å². The summed E-state index contributed by atoms with van der Waals surface area (Å²) in [5.41, 5.74) is 6.84. The molecule has 1 aromatic carbocycles. The minimum absolute atomic E-state index is 0.0689. The zero-order chi connectivity index (χ0) is 11.4. The molecule has 2 nitrogen and oxygen atoms in total. The molecule has 0 bridgehead atoms. The first kappa shape index (κ1) is 12.6. The maximum atomic E-state index is 9.38. The number of unbranched alkanes of at least 4 members (excludes halogenated alkanes) is 1. The van der Waals surface area contributed by atoms with Crippen molar-refractivity contribution in [2.75, 3.05) is 0 Å². The second-order valence-corrected chi connectivity index (χ2v) is 4.40. The molecule has 1 aromatic rings. The van der Waals surface area contributed by atoms with Crippen LogP contribution in [0.1, 0.15) is 37.8 Å². The van der Waals surface area contributed by atoms with E-state index in [0.717, 1.165) is 24.8 Å². The van der Waals surface area contributed by atoms with Gasteiger partial charge in [-0.25, -0.2) is 0 Å². The van der Waals surface area contributed by atoms with Gasteiger partial charge in [-0.15, -0.1) is 0 Å². The molecule has 0 saturated heterocycles. The fraction of sp³-hybridized carbons (Fsp3) is 0.455. The summed E-state index contributed by atoms with van der Waals surface area (Å²) in [6.45, 7) is 2.11. The summed E-state index contributed by atoms with van der Waals surface area (Å²) in [4.78, 5) is 0. The zero-order valence-corrected chi connectivity index (χ0v) is 10.1. The van der Waals surface area contributed by atoms with Crippen LogP contribution in [0.4, 0.5) is 0 Å². The molecule has 0 aromatic heterocycles. The molecular weight excluding hydrogens is 233 g/mol. The lowest BCUT2D eigenvalue weighted by atomic mass is 10.0. The molecule has 15 heavy (non-hydrogen) atoms. The van der Waals surface area contributed by atoms with Crippen molar-refractivity contribution in [2.45, 2.75) is 32.2 Å². The van der Waals surface area contributed by atoms with Crippen LogP contribution in [-0.4, -0.2) is 5.11 Å². The SMILES string of the molecule is CCCC[C@H](N)c1cc(Cl)c(O)c(Cl)c1. The predicted molar refractivity (Wildman–Crippen MR) is 64.6 cm³/mol. The van der Waals surface area contributed by atoms with Crippen LogP contribution in [-0.2, 0) is 0 Å². The standard InChI is InChI=1S/C11H15Cl2NO/c1-2-3-4-10(14)7-5-8(12)11(15)9(13)6-7/h5-6,10,15H,2-4,14H2,1H3/t10-/m0/s1. The topological polar surface area (TPSA) is 46.2 Å². The highest BCUT2D eigenvalue weighted by atomic mass is 35.5. The van der Waals surface area contributed by atoms with Crippen LogP contribution in [0.25, 0.3) is 0 Å². The van der Waals surface area contributed by atoms with Crippen molar-refractivity contribution in [3.63, 3.8) is 0 Å². The molecule has 0 spiro atoms. The molecule has 0 saturated carbocycles. The van der Waals surface area contributed by atoms with Crippen LogP contribution in [0.2, 0.25) is 10.0 Å². The summed E-state index contributed by atoms with van der Waals surface area (Å²) in [5.74, 6) is -0.0789. The Morgan fingerprint density at radius 3 is 2.33 bits per heavy atom. The third-order valence-corrected chi connectivity index (χ3v) is 2.91. The van der Waals surface area contributed by atoms with E-state index in [-0.39, 0.29) is 21.8 Å². The van der Waals surface area contributed by atoms with Gasteiger partial charge in [-0.05, 0) is 24.1 Å². The predicted octanol–water partition coefficient (Wildman–Crippen LogP) is 3.89. The Morgan fingerprint density at radius 2 is 1.87 bits per heavy atom. The normalized spacial score (nSPS) is 12.8. The third kappa shape index (κ3) is 3.26. The molecule has 0 radical (unpaired) electrons. The van der Waals surface area contributed by atoms with Crippen LogP contribution >= 0.6 is 23.2 Å². The van der Waals surface area contributed by atoms with Crippen LogP contribution in [0.3, 0.4) is 0 Å². The fourth-order valence-electron chi connectivity index (χ4n) is 1.39. The summed E-state index contributed by atoms with van der Waals surface area (Å²) < 4.78 is 0. The van der Waals surface area contributed by atoms with E-state index in [0.29, 0.717) is 0 Å². The number of rotatable bonds is 4. The first-order chi connectivity index (χ1) is 7.06. The first-order valence-corrected chi connectivity index (χ1v) is 5.75. The number of hydrogen-bond acceptors (Lipinski definition) is 2. The average Bonchev–Trinajstić information content (AvgIpc) is 2.21. The van der Waals surface area contributed by atoms with Gasteiger partial charge in [0, 0.05) is 6.04 Å². The lowest BCUT2D eigenvalue weighted by molar-refractivity contribution is 0.475. The quantitative estimate of drug-likeness (QED) is 0.849. The van der Waals surface area contributed by atoms with Gasteiger partial charge in [0.05, 0.1) is 10.0 Å². The van der Waals surface area contributed by atoms with Crippen molar-refractivity contribution >= 4 is 23.2 Å². The van der Waals surface area contributed by atoms with Gasteiger partial charge >= 0.3 is 0 Å². The molecule has 0 aliphatic heterocycles. The van der Waals surface area contributed by atoms with Crippen molar-refractivity contribution in [2.24, 2.45) is 5.73 Å². The second-order valence-electron chi connectivity index (χ2n) is 3.58. The van der Waals surface area contributed by atoms with E-state index in [9.17, 15) is 5.11 Å². The van der Waals surface area contributed by atoms with Crippen molar-refractivity contribution in [1.29, 1.82) is 0 Å². The molecular formula is C11H15Cl2NO. The van der Waals surface area contributed by atoms with E-state index in [1.54, 1.807) is 12.1 Å². The summed E-state index contributed by atoms with van der Waals surface area (Å²) in [7, 11) is 0. The molecule has 3 N–H and O–H groups in total. The van der Waals surface area contributed by atoms with Gasteiger partial charge in [-0.2, -0.15) is 0 Å². The summed E-state index contributed by atoms with van der Waals surface area (Å²) in [6.07, 6.45) is 3.07. The lowest BCUT2D eigenvalue weighted by Crippen LogP contribution is -2.09. The highest BCUT2D eigenvalue weighted by Gasteiger charge is 2.11. The van der Waals surface area contributed by atoms with Crippen molar-refractivity contribution in [3.8, 4) is 5.75 Å². The minimum atomic E-state index is -0.0789. The Balaban J connectivity index is 2.86. The van der Waals surface area contributed by atoms with Gasteiger partial charge in [0.2, 0.25) is 0 Å². The van der Waals surface area contributed by atoms with E-state index < -0.39 is 0 Å². The number of hydrogen-bond donors (Lipinski definition) is 2. The van der Waals surface area contributed by atoms with Crippen molar-refractivity contribution < 1.29 is 5.11 Å². The maximum Gasteiger partial charge on any atom is 0.152 e. The van der Waals surface area contributed by atoms with Gasteiger partial charge in [0.25, 0.3) is 0 Å². The molecule has 84 valence electrons. The van der Waals surface area contributed by atoms with Crippen molar-refractivity contribution in [1.82, 2.24) is 0 Å². The molecule has 0 aliphatic carbocycles. The summed E-state index contributed by atoms with van der Waals surface area (Å²) in [6, 6.07) is 3.27. The molecule has 0 fully saturated rings. The highest BCUT2D eigenvalue weighted by molar-refractivity contribution is 6.37. The smallest absolute Gasteiger partial charge is 0.152 e. The first-order valence-electron chi connectivity index (χ1n) is 4.99. The Labute approximate surface area is 100.0 Å². The average molecular weight is 248 g/mol. The largest absolute Gasteiger partial charge is 0.505 e. The van der Waals surface area contributed by atoms with E-state index in [2.05, 4.69) is 6.92 Å². The summed E-state index contributed by atoms with van der Waals surface area (Å²) >= 11 is 11.6. The third-order valence-electron chi connectivity index (χ3n) is 2.34. The number of phenolic OH excluding ortho intramolecular Hbond substituents is 1. The van der Waals surface area contributed by atoms with E-state index in [4.69, 9.17) is 28.9 Å². The van der Waals surface area contributed by atoms with E-state index in [1.165, 1.54) is 0 Å². The van der Waals surface area contributed by atoms with Crippen molar-refractivity contribution in [3.05, 3.63) is 27.7 Å². The fourth-order valence-corrected chi connectivity index (χ4v) is 1.89. The van der Waals surface area contributed by atoms with Crippen LogP contribution in [0, 0.1) is 0 Å². The van der Waals surface area contributed by atoms with E-state index >= 15 is 0 Å². The highest BCUT2D eigenvalue weighted by Crippen LogP contribution is 2.34. The monoisotopic (exact) mass is 247 g/mol. The Morgan fingerprint density at radius 1 is 1.33 bits per heavy atom. The summed E-state index contributed by atoms with van der Waals surface area (Å²) in [5, 5.41) is 9.89. The number of halogens is 2. The zero-order valence-electron chi connectivity index (χ0n) is 8.63. The maximum absolute atomic E-state index is 9.38. The van der Waals surface area contributed by atoms with E-state index in [1.807, 2.05) is 0 Å². The number of nitrogens with two attached hydrogens (primary N) is 1. The Kier molecular flexibility index (Phi) is 4.71. The molecule has 0 heterocycles. The number of phenols is 1. The van der Waals surface area contributed by atoms with Crippen LogP contribution in [0.5, 0.6) is 5.75 Å². The molecule has 0 unspecified atom stereocenters. The van der Waals surface area contributed by atoms with Gasteiger partial charge in [-0.3, -0.25) is 0 Å². The van der Waals surface area contributed by atoms with Gasteiger partial charge in [0.1, 0.15) is 0 Å². The molecule has 0 aliphatic rings. The number of aromatic hydroxyl groups is 1. The molecule has 1 atom stereocenters. The van der Waals surface area contributed by atoms with Crippen LogP contribution in [0.15, 0.2) is 12.1 Å². The lowest BCUT2D eigenvalue weighted by Gasteiger charge is -2.13. The van der Waals surface area contributed by atoms with Gasteiger partial charge in [0.15, 0.2) is 5.75 Å². The van der Waals surface area contributed by atoms with Gasteiger partial charge in [-0.1, -0.05) is 43.0 Å². The number of benzene rings is 1. The minimum Gasteiger partial charge on any atom is -0.505 e. The Bertz CT molecular complexity index is 318. The Hall–Kier alpha value is -0.440. The molecule has 0 amide bonds.